The topological polar surface area (TPSA) is 38.0 Å². The SMILES string of the molecule is NNC(Cc1ccccc1)c1cc(C(F)(F)F)ccc1Br. The van der Waals surface area contributed by atoms with Crippen LogP contribution in [0.2, 0.25) is 0 Å². The molecule has 0 saturated heterocycles. The Morgan fingerprint density at radius 2 is 1.76 bits per heavy atom. The summed E-state index contributed by atoms with van der Waals surface area (Å²) in [5.41, 5.74) is 3.38. The van der Waals surface area contributed by atoms with Gasteiger partial charge in [-0.25, -0.2) is 0 Å². The number of hydrazine groups is 1. The number of halogens is 4. The van der Waals surface area contributed by atoms with E-state index in [1.807, 2.05) is 30.3 Å². The van der Waals surface area contributed by atoms with Crippen molar-refractivity contribution in [2.45, 2.75) is 18.6 Å². The molecule has 21 heavy (non-hydrogen) atoms. The van der Waals surface area contributed by atoms with Crippen molar-refractivity contribution in [1.29, 1.82) is 0 Å². The number of nitrogens with one attached hydrogen (secondary N) is 1. The average molecular weight is 359 g/mol. The van der Waals surface area contributed by atoms with Crippen molar-refractivity contribution in [3.63, 3.8) is 0 Å². The molecule has 2 nitrogen and oxygen atoms in total. The summed E-state index contributed by atoms with van der Waals surface area (Å²) in [5.74, 6) is 5.53. The van der Waals surface area contributed by atoms with Crippen LogP contribution in [0.3, 0.4) is 0 Å². The van der Waals surface area contributed by atoms with E-state index in [1.54, 1.807) is 0 Å². The maximum absolute atomic E-state index is 12.8. The predicted octanol–water partition coefficient (Wildman–Crippen LogP) is 4.22. The van der Waals surface area contributed by atoms with Gasteiger partial charge in [-0.15, -0.1) is 0 Å². The van der Waals surface area contributed by atoms with E-state index in [1.165, 1.54) is 6.07 Å². The molecule has 0 aliphatic carbocycles. The van der Waals surface area contributed by atoms with Crippen molar-refractivity contribution < 1.29 is 13.2 Å². The van der Waals surface area contributed by atoms with Gasteiger partial charge in [-0.3, -0.25) is 11.3 Å². The second kappa shape index (κ2) is 6.60. The van der Waals surface area contributed by atoms with E-state index in [2.05, 4.69) is 21.4 Å². The van der Waals surface area contributed by atoms with E-state index in [-0.39, 0.29) is 0 Å². The van der Waals surface area contributed by atoms with E-state index in [9.17, 15) is 13.2 Å². The molecule has 2 aromatic rings. The summed E-state index contributed by atoms with van der Waals surface area (Å²) in [4.78, 5) is 0. The molecule has 0 radical (unpaired) electrons. The normalized spacial score (nSPS) is 13.2. The molecule has 1 atom stereocenters. The molecular weight excluding hydrogens is 345 g/mol. The Morgan fingerprint density at radius 1 is 1.10 bits per heavy atom. The van der Waals surface area contributed by atoms with Gasteiger partial charge in [0.15, 0.2) is 0 Å². The second-order valence-electron chi connectivity index (χ2n) is 4.64. The van der Waals surface area contributed by atoms with Gasteiger partial charge in [-0.2, -0.15) is 13.2 Å². The van der Waals surface area contributed by atoms with Gasteiger partial charge >= 0.3 is 6.18 Å². The molecule has 112 valence electrons. The highest BCUT2D eigenvalue weighted by Gasteiger charge is 2.31. The van der Waals surface area contributed by atoms with Gasteiger partial charge in [0, 0.05) is 4.47 Å². The zero-order valence-corrected chi connectivity index (χ0v) is 12.6. The lowest BCUT2D eigenvalue weighted by Gasteiger charge is -2.19. The van der Waals surface area contributed by atoms with Gasteiger partial charge in [0.25, 0.3) is 0 Å². The smallest absolute Gasteiger partial charge is 0.271 e. The van der Waals surface area contributed by atoms with Crippen molar-refractivity contribution in [1.82, 2.24) is 5.43 Å². The minimum Gasteiger partial charge on any atom is -0.271 e. The van der Waals surface area contributed by atoms with Gasteiger partial charge in [-0.05, 0) is 35.7 Å². The second-order valence-corrected chi connectivity index (χ2v) is 5.50. The molecule has 0 spiro atoms. The maximum Gasteiger partial charge on any atom is 0.416 e. The fourth-order valence-electron chi connectivity index (χ4n) is 2.10. The maximum atomic E-state index is 12.8. The summed E-state index contributed by atoms with van der Waals surface area (Å²) in [6.45, 7) is 0. The van der Waals surface area contributed by atoms with Crippen molar-refractivity contribution in [2.24, 2.45) is 5.84 Å². The van der Waals surface area contributed by atoms with E-state index in [0.29, 0.717) is 16.5 Å². The number of benzene rings is 2. The molecule has 0 bridgehead atoms. The van der Waals surface area contributed by atoms with Gasteiger partial charge < -0.3 is 0 Å². The molecule has 2 aromatic carbocycles. The fraction of sp³-hybridized carbons (Fsp3) is 0.200. The molecule has 6 heteroatoms. The predicted molar refractivity (Wildman–Crippen MR) is 79.4 cm³/mol. The van der Waals surface area contributed by atoms with Crippen LogP contribution in [0.25, 0.3) is 0 Å². The summed E-state index contributed by atoms with van der Waals surface area (Å²) in [5, 5.41) is 0. The van der Waals surface area contributed by atoms with Crippen LogP contribution < -0.4 is 11.3 Å². The molecule has 0 aliphatic heterocycles. The highest BCUT2D eigenvalue weighted by atomic mass is 79.9. The standard InChI is InChI=1S/C15H14BrF3N2/c16-13-7-6-11(15(17,18)19)9-12(13)14(21-20)8-10-4-2-1-3-5-10/h1-7,9,14,21H,8,20H2. The van der Waals surface area contributed by atoms with Crippen LogP contribution in [0.1, 0.15) is 22.7 Å². The summed E-state index contributed by atoms with van der Waals surface area (Å²) in [6, 6.07) is 12.6. The molecule has 0 aromatic heterocycles. The molecule has 0 heterocycles. The van der Waals surface area contributed by atoms with Crippen molar-refractivity contribution in [2.75, 3.05) is 0 Å². The van der Waals surface area contributed by atoms with Gasteiger partial charge in [-0.1, -0.05) is 46.3 Å². The van der Waals surface area contributed by atoms with Gasteiger partial charge in [0.05, 0.1) is 11.6 Å². The van der Waals surface area contributed by atoms with Gasteiger partial charge in [0.2, 0.25) is 0 Å². The third kappa shape index (κ3) is 4.06. The van der Waals surface area contributed by atoms with Crippen molar-refractivity contribution >= 4 is 15.9 Å². The van der Waals surface area contributed by atoms with Gasteiger partial charge in [0.1, 0.15) is 0 Å². The average Bonchev–Trinajstić information content (AvgIpc) is 2.45. The van der Waals surface area contributed by atoms with Crippen LogP contribution in [0.5, 0.6) is 0 Å². The Kier molecular flexibility index (Phi) is 5.03. The highest BCUT2D eigenvalue weighted by Crippen LogP contribution is 2.34. The number of alkyl halides is 3. The Balaban J connectivity index is 2.33. The number of hydrogen-bond acceptors (Lipinski definition) is 2. The number of rotatable bonds is 4. The molecule has 1 unspecified atom stereocenters. The van der Waals surface area contributed by atoms with E-state index in [0.717, 1.165) is 17.7 Å². The molecule has 2 rings (SSSR count). The van der Waals surface area contributed by atoms with E-state index in [4.69, 9.17) is 5.84 Å². The third-order valence-electron chi connectivity index (χ3n) is 3.18. The summed E-state index contributed by atoms with van der Waals surface area (Å²) in [7, 11) is 0. The van der Waals surface area contributed by atoms with Crippen LogP contribution in [0.15, 0.2) is 53.0 Å². The Morgan fingerprint density at radius 3 is 2.33 bits per heavy atom. The quantitative estimate of drug-likeness (QED) is 0.634. The first-order chi connectivity index (χ1) is 9.91. The lowest BCUT2D eigenvalue weighted by Crippen LogP contribution is -2.30. The van der Waals surface area contributed by atoms with E-state index < -0.39 is 17.8 Å². The monoisotopic (exact) mass is 358 g/mol. The Labute approximate surface area is 129 Å². The minimum absolute atomic E-state index is 0.413. The highest BCUT2D eigenvalue weighted by molar-refractivity contribution is 9.10. The Hall–Kier alpha value is -1.37. The molecule has 0 aliphatic rings. The first kappa shape index (κ1) is 16.0. The molecule has 0 fully saturated rings. The lowest BCUT2D eigenvalue weighted by molar-refractivity contribution is -0.137. The lowest BCUT2D eigenvalue weighted by atomic mass is 9.98. The van der Waals surface area contributed by atoms with Crippen LogP contribution in [-0.4, -0.2) is 0 Å². The minimum atomic E-state index is -4.37. The molecule has 0 amide bonds. The van der Waals surface area contributed by atoms with Crippen molar-refractivity contribution in [3.8, 4) is 0 Å². The van der Waals surface area contributed by atoms with Crippen LogP contribution >= 0.6 is 15.9 Å². The first-order valence-electron chi connectivity index (χ1n) is 6.28. The van der Waals surface area contributed by atoms with Crippen molar-refractivity contribution in [3.05, 3.63) is 69.7 Å². The first-order valence-corrected chi connectivity index (χ1v) is 7.08. The Bertz CT molecular complexity index is 600. The third-order valence-corrected chi connectivity index (χ3v) is 3.90. The summed E-state index contributed by atoms with van der Waals surface area (Å²) in [6.07, 6.45) is -3.88. The largest absolute Gasteiger partial charge is 0.416 e. The summed E-state index contributed by atoms with van der Waals surface area (Å²) < 4.78 is 39.1. The molecule has 0 saturated carbocycles. The van der Waals surface area contributed by atoms with Crippen LogP contribution in [-0.2, 0) is 12.6 Å². The molecule has 3 N–H and O–H groups in total. The van der Waals surface area contributed by atoms with Crippen LogP contribution in [0, 0.1) is 0 Å². The molecular formula is C15H14BrF3N2. The van der Waals surface area contributed by atoms with Crippen LogP contribution in [0.4, 0.5) is 13.2 Å². The fourth-order valence-corrected chi connectivity index (χ4v) is 2.62. The number of nitrogens with two attached hydrogens (primary N) is 1. The summed E-state index contributed by atoms with van der Waals surface area (Å²) >= 11 is 3.29. The van der Waals surface area contributed by atoms with E-state index >= 15 is 0 Å². The zero-order valence-electron chi connectivity index (χ0n) is 11.0. The zero-order chi connectivity index (χ0) is 15.5. The number of hydrogen-bond donors (Lipinski definition) is 2.